The van der Waals surface area contributed by atoms with Crippen LogP contribution in [0.3, 0.4) is 0 Å². The molecule has 0 N–H and O–H groups in total. The third-order valence-electron chi connectivity index (χ3n) is 7.39. The maximum Gasteiger partial charge on any atom is 0.383 e. The molecular weight excluding hydrogens is 521 g/mol. The van der Waals surface area contributed by atoms with Crippen molar-refractivity contribution in [3.63, 3.8) is 0 Å². The molecule has 0 bridgehead atoms. The number of fused-ring (bicyclic) bond motifs is 2. The molecular formula is C34H29BN5O2-. The quantitative estimate of drug-likeness (QED) is 0.216. The summed E-state index contributed by atoms with van der Waals surface area (Å²) in [5.74, 6) is 7.18. The van der Waals surface area contributed by atoms with Crippen LogP contribution in [0.5, 0.6) is 11.5 Å². The van der Waals surface area contributed by atoms with Crippen LogP contribution in [0.15, 0.2) is 78.9 Å². The third kappa shape index (κ3) is 5.35. The summed E-state index contributed by atoms with van der Waals surface area (Å²) in [4.78, 5) is 2.32. The number of para-hydroxylation sites is 1. The normalized spacial score (nSPS) is 11.7. The molecule has 1 aliphatic heterocycles. The Labute approximate surface area is 246 Å². The Hall–Kier alpha value is -5.70. The summed E-state index contributed by atoms with van der Waals surface area (Å²) in [7, 11) is 3.44. The first-order valence-electron chi connectivity index (χ1n) is 13.4. The lowest BCUT2D eigenvalue weighted by Gasteiger charge is -2.39. The summed E-state index contributed by atoms with van der Waals surface area (Å²) in [6, 6.07) is 28.0. The minimum atomic E-state index is -2.72. The zero-order chi connectivity index (χ0) is 30.4. The fourth-order valence-electron chi connectivity index (χ4n) is 5.46. The van der Waals surface area contributed by atoms with Crippen molar-refractivity contribution >= 4 is 23.2 Å². The van der Waals surface area contributed by atoms with Gasteiger partial charge in [-0.05, 0) is 72.9 Å². The average molecular weight is 550 g/mol. The van der Waals surface area contributed by atoms with Gasteiger partial charge in [-0.25, -0.2) is 21.0 Å². The Morgan fingerprint density at radius 2 is 1.10 bits per heavy atom. The fraction of sp³-hybridized carbons (Fsp3) is 0.176. The van der Waals surface area contributed by atoms with Crippen LogP contribution in [0, 0.1) is 65.7 Å². The number of hydrogen-bond acceptors (Lipinski definition) is 7. The number of nitrogens with zero attached hydrogens (tertiary/aromatic N) is 5. The standard InChI is InChI=1S/C30H29NO2.C4BN4/c1-19-15-20(2)29(21(3)16-19)30-25-13-11-23(32-4)17-27(25)31(22-9-7-6-8-10-22)28-18-24(33-5)12-14-26(28)30;6-1-5(2-7,3-8)4-9/h6-18,30H,1-5H3;/q;-1. The van der Waals surface area contributed by atoms with Crippen LogP contribution in [-0.2, 0) is 0 Å². The van der Waals surface area contributed by atoms with E-state index in [0.717, 1.165) is 28.6 Å². The predicted octanol–water partition coefficient (Wildman–Crippen LogP) is 7.28. The van der Waals surface area contributed by atoms with Gasteiger partial charge in [-0.1, -0.05) is 48.0 Å². The van der Waals surface area contributed by atoms with Gasteiger partial charge in [0.05, 0.1) is 25.6 Å². The summed E-state index contributed by atoms with van der Waals surface area (Å²) >= 11 is 0. The van der Waals surface area contributed by atoms with E-state index in [4.69, 9.17) is 30.5 Å². The van der Waals surface area contributed by atoms with Gasteiger partial charge in [-0.15, -0.1) is 23.9 Å². The molecule has 1 heterocycles. The molecule has 1 aliphatic rings. The molecule has 7 nitrogen and oxygen atoms in total. The van der Waals surface area contributed by atoms with Crippen LogP contribution in [0.2, 0.25) is 0 Å². The molecule has 0 unspecified atom stereocenters. The first kappa shape index (κ1) is 29.3. The van der Waals surface area contributed by atoms with E-state index in [1.165, 1.54) is 57.3 Å². The molecule has 0 aliphatic carbocycles. The Morgan fingerprint density at radius 1 is 0.643 bits per heavy atom. The number of nitriles is 4. The number of methoxy groups -OCH3 is 2. The first-order valence-corrected chi connectivity index (χ1v) is 13.4. The predicted molar refractivity (Wildman–Crippen MR) is 164 cm³/mol. The van der Waals surface area contributed by atoms with Crippen molar-refractivity contribution in [3.05, 3.63) is 112 Å². The van der Waals surface area contributed by atoms with Gasteiger partial charge in [0.1, 0.15) is 11.5 Å². The van der Waals surface area contributed by atoms with Crippen molar-refractivity contribution in [3.8, 4) is 35.4 Å². The molecule has 206 valence electrons. The number of hydrogen-bond donors (Lipinski definition) is 0. The van der Waals surface area contributed by atoms with Crippen molar-refractivity contribution in [2.24, 2.45) is 0 Å². The zero-order valence-electron chi connectivity index (χ0n) is 24.2. The van der Waals surface area contributed by atoms with Gasteiger partial charge in [0.2, 0.25) is 0 Å². The van der Waals surface area contributed by atoms with Crippen molar-refractivity contribution in [2.75, 3.05) is 19.1 Å². The highest BCUT2D eigenvalue weighted by Crippen LogP contribution is 2.53. The van der Waals surface area contributed by atoms with Gasteiger partial charge >= 0.3 is 6.15 Å². The molecule has 0 atom stereocenters. The highest BCUT2D eigenvalue weighted by molar-refractivity contribution is 7.05. The van der Waals surface area contributed by atoms with Crippen LogP contribution in [0.25, 0.3) is 0 Å². The van der Waals surface area contributed by atoms with E-state index in [2.05, 4.69) is 98.5 Å². The van der Waals surface area contributed by atoms with E-state index in [-0.39, 0.29) is 5.92 Å². The second kappa shape index (κ2) is 12.2. The van der Waals surface area contributed by atoms with Crippen molar-refractivity contribution < 1.29 is 9.47 Å². The summed E-state index contributed by atoms with van der Waals surface area (Å²) in [6.45, 7) is 6.62. The lowest BCUT2D eigenvalue weighted by atomic mass is 9.30. The van der Waals surface area contributed by atoms with Crippen molar-refractivity contribution in [2.45, 2.75) is 26.7 Å². The minimum absolute atomic E-state index is 0.118. The molecule has 0 saturated heterocycles. The molecule has 0 radical (unpaired) electrons. The molecule has 4 aromatic rings. The topological polar surface area (TPSA) is 117 Å². The molecule has 0 spiro atoms. The van der Waals surface area contributed by atoms with E-state index < -0.39 is 6.15 Å². The molecule has 0 saturated carbocycles. The van der Waals surface area contributed by atoms with Gasteiger partial charge in [0.15, 0.2) is 0 Å². The van der Waals surface area contributed by atoms with E-state index in [1.54, 1.807) is 14.2 Å². The molecule has 8 heteroatoms. The first-order chi connectivity index (χ1) is 20.3. The van der Waals surface area contributed by atoms with Gasteiger partial charge in [0.25, 0.3) is 0 Å². The summed E-state index contributed by atoms with van der Waals surface area (Å²) in [6.07, 6.45) is -2.72. The van der Waals surface area contributed by atoms with E-state index in [1.807, 2.05) is 6.07 Å². The monoisotopic (exact) mass is 550 g/mol. The molecule has 0 fully saturated rings. The van der Waals surface area contributed by atoms with Crippen molar-refractivity contribution in [1.82, 2.24) is 0 Å². The summed E-state index contributed by atoms with van der Waals surface area (Å²) in [5.41, 5.74) is 11.2. The number of ether oxygens (including phenoxy) is 2. The van der Waals surface area contributed by atoms with E-state index in [9.17, 15) is 0 Å². The highest BCUT2D eigenvalue weighted by atomic mass is 16.5. The highest BCUT2D eigenvalue weighted by Gasteiger charge is 2.34. The number of anilines is 3. The Balaban J connectivity index is 0.000000392. The maximum atomic E-state index is 8.09. The van der Waals surface area contributed by atoms with Gasteiger partial charge in [-0.2, -0.15) is 0 Å². The van der Waals surface area contributed by atoms with Gasteiger partial charge in [-0.3, -0.25) is 0 Å². The molecule has 5 rings (SSSR count). The fourth-order valence-corrected chi connectivity index (χ4v) is 5.46. The molecule has 42 heavy (non-hydrogen) atoms. The lowest BCUT2D eigenvalue weighted by Crippen LogP contribution is -2.26. The number of aryl methyl sites for hydroxylation is 3. The molecule has 0 amide bonds. The van der Waals surface area contributed by atoms with Crippen LogP contribution in [0.1, 0.15) is 39.3 Å². The SMILES string of the molecule is COc1ccc2c(c1)N(c1ccccc1)c1cc(OC)ccc1C2c1c(C)cc(C)cc1C.N#C[B-](C#N)(C#N)C#N. The molecule has 0 aromatic heterocycles. The second-order valence-electron chi connectivity index (χ2n) is 10.1. The number of rotatable bonds is 4. The van der Waals surface area contributed by atoms with Crippen molar-refractivity contribution in [1.29, 1.82) is 21.0 Å². The lowest BCUT2D eigenvalue weighted by molar-refractivity contribution is 0.414. The van der Waals surface area contributed by atoms with Gasteiger partial charge in [0, 0.05) is 23.7 Å². The second-order valence-corrected chi connectivity index (χ2v) is 10.1. The smallest absolute Gasteiger partial charge is 0.383 e. The Morgan fingerprint density at radius 3 is 1.48 bits per heavy atom. The minimum Gasteiger partial charge on any atom is -0.497 e. The third-order valence-corrected chi connectivity index (χ3v) is 7.39. The van der Waals surface area contributed by atoms with Crippen LogP contribution < -0.4 is 14.4 Å². The number of benzene rings is 4. The Bertz CT molecular complexity index is 1670. The molecule has 4 aromatic carbocycles. The Kier molecular flexibility index (Phi) is 8.52. The van der Waals surface area contributed by atoms with Gasteiger partial charge < -0.3 is 14.4 Å². The van der Waals surface area contributed by atoms with Crippen LogP contribution >= 0.6 is 0 Å². The van der Waals surface area contributed by atoms with Crippen LogP contribution in [-0.4, -0.2) is 20.4 Å². The van der Waals surface area contributed by atoms with E-state index >= 15 is 0 Å². The van der Waals surface area contributed by atoms with E-state index in [0.29, 0.717) is 0 Å². The average Bonchev–Trinajstić information content (AvgIpc) is 3.02. The zero-order valence-corrected chi connectivity index (χ0v) is 24.2. The summed E-state index contributed by atoms with van der Waals surface area (Å²) < 4.78 is 11.3. The maximum absolute atomic E-state index is 8.09. The summed E-state index contributed by atoms with van der Waals surface area (Å²) in [5, 5.41) is 32.3. The van der Waals surface area contributed by atoms with Crippen LogP contribution in [0.4, 0.5) is 17.1 Å². The largest absolute Gasteiger partial charge is 0.497 e.